The highest BCUT2D eigenvalue weighted by atomic mass is 32.1. The Morgan fingerprint density at radius 2 is 2.10 bits per heavy atom. The number of aromatic carboxylic acids is 1. The van der Waals surface area contributed by atoms with E-state index in [9.17, 15) is 9.59 Å². The van der Waals surface area contributed by atoms with Crippen molar-refractivity contribution < 1.29 is 14.6 Å². The number of carbonyl (C=O) groups is 1. The number of rotatable bonds is 4. The summed E-state index contributed by atoms with van der Waals surface area (Å²) in [6.45, 7) is 4.07. The van der Waals surface area contributed by atoms with E-state index in [0.717, 1.165) is 10.6 Å². The Kier molecular flexibility index (Phi) is 3.94. The van der Waals surface area contributed by atoms with Crippen molar-refractivity contribution >= 4 is 17.3 Å². The molecule has 1 aromatic carbocycles. The predicted octanol–water partition coefficient (Wildman–Crippen LogP) is 2.28. The van der Waals surface area contributed by atoms with E-state index >= 15 is 0 Å². The SMILES string of the molecule is COc1ccc(C(=O)O)cc1Cn1c(C)c(C)sc1=O. The zero-order valence-corrected chi connectivity index (χ0v) is 12.3. The molecule has 0 atom stereocenters. The number of nitrogens with zero attached hydrogens (tertiary/aromatic N) is 1. The number of aryl methyl sites for hydroxylation is 1. The molecular weight excluding hydrogens is 278 g/mol. The van der Waals surface area contributed by atoms with Crippen molar-refractivity contribution in [1.29, 1.82) is 0 Å². The van der Waals surface area contributed by atoms with E-state index in [1.165, 1.54) is 24.5 Å². The second-order valence-electron chi connectivity index (χ2n) is 4.43. The third-order valence-electron chi connectivity index (χ3n) is 3.23. The van der Waals surface area contributed by atoms with Crippen LogP contribution in [-0.2, 0) is 6.54 Å². The van der Waals surface area contributed by atoms with Crippen LogP contribution < -0.4 is 9.61 Å². The molecule has 5 nitrogen and oxygen atoms in total. The molecule has 0 unspecified atom stereocenters. The molecule has 0 aliphatic heterocycles. The van der Waals surface area contributed by atoms with Crippen LogP contribution in [-0.4, -0.2) is 22.8 Å². The summed E-state index contributed by atoms with van der Waals surface area (Å²) in [6.07, 6.45) is 0. The van der Waals surface area contributed by atoms with Gasteiger partial charge in [-0.15, -0.1) is 0 Å². The van der Waals surface area contributed by atoms with Crippen LogP contribution in [0.5, 0.6) is 5.75 Å². The highest BCUT2D eigenvalue weighted by Crippen LogP contribution is 2.22. The number of thiazole rings is 1. The fraction of sp³-hybridized carbons (Fsp3) is 0.286. The largest absolute Gasteiger partial charge is 0.496 e. The quantitative estimate of drug-likeness (QED) is 0.939. The molecule has 6 heteroatoms. The van der Waals surface area contributed by atoms with Gasteiger partial charge >= 0.3 is 10.8 Å². The van der Waals surface area contributed by atoms with Gasteiger partial charge in [-0.3, -0.25) is 9.36 Å². The summed E-state index contributed by atoms with van der Waals surface area (Å²) in [4.78, 5) is 23.9. The molecule has 20 heavy (non-hydrogen) atoms. The molecule has 0 bridgehead atoms. The predicted molar refractivity (Wildman–Crippen MR) is 77.1 cm³/mol. The number of carboxylic acid groups (broad SMARTS) is 1. The van der Waals surface area contributed by atoms with Crippen LogP contribution in [0, 0.1) is 13.8 Å². The topological polar surface area (TPSA) is 68.5 Å². The van der Waals surface area contributed by atoms with Crippen molar-refractivity contribution in [1.82, 2.24) is 4.57 Å². The minimum atomic E-state index is -1.00. The van der Waals surface area contributed by atoms with Gasteiger partial charge < -0.3 is 9.84 Å². The number of aromatic nitrogens is 1. The van der Waals surface area contributed by atoms with E-state index in [2.05, 4.69) is 0 Å². The molecule has 0 spiro atoms. The first kappa shape index (κ1) is 14.3. The number of hydrogen-bond acceptors (Lipinski definition) is 4. The number of hydrogen-bond donors (Lipinski definition) is 1. The Labute approximate surface area is 120 Å². The molecule has 2 rings (SSSR count). The lowest BCUT2D eigenvalue weighted by Crippen LogP contribution is -2.16. The minimum Gasteiger partial charge on any atom is -0.496 e. The maximum atomic E-state index is 11.9. The summed E-state index contributed by atoms with van der Waals surface area (Å²) < 4.78 is 6.86. The molecular formula is C14H15NO4S. The summed E-state index contributed by atoms with van der Waals surface area (Å²) in [5.74, 6) is -0.426. The minimum absolute atomic E-state index is 0.0530. The molecule has 1 N–H and O–H groups in total. The molecule has 0 radical (unpaired) electrons. The molecule has 1 aromatic heterocycles. The molecule has 0 fully saturated rings. The molecule has 0 aliphatic carbocycles. The van der Waals surface area contributed by atoms with Gasteiger partial charge in [-0.05, 0) is 32.0 Å². The Balaban J connectivity index is 2.49. The van der Waals surface area contributed by atoms with Crippen LogP contribution in [0.25, 0.3) is 0 Å². The lowest BCUT2D eigenvalue weighted by molar-refractivity contribution is 0.0696. The number of methoxy groups -OCH3 is 1. The van der Waals surface area contributed by atoms with E-state index in [-0.39, 0.29) is 10.4 Å². The van der Waals surface area contributed by atoms with E-state index in [0.29, 0.717) is 17.9 Å². The first-order chi connectivity index (χ1) is 9.43. The van der Waals surface area contributed by atoms with Gasteiger partial charge in [0.1, 0.15) is 5.75 Å². The third-order valence-corrected chi connectivity index (χ3v) is 4.23. The summed E-state index contributed by atoms with van der Waals surface area (Å²) in [6, 6.07) is 4.64. The molecule has 0 amide bonds. The molecule has 0 saturated heterocycles. The van der Waals surface area contributed by atoms with Crippen LogP contribution in [0.3, 0.4) is 0 Å². The maximum absolute atomic E-state index is 11.9. The van der Waals surface area contributed by atoms with Gasteiger partial charge in [0.15, 0.2) is 0 Å². The zero-order chi connectivity index (χ0) is 14.9. The molecule has 0 saturated carbocycles. The zero-order valence-electron chi connectivity index (χ0n) is 11.5. The van der Waals surface area contributed by atoms with E-state index in [1.54, 1.807) is 16.7 Å². The van der Waals surface area contributed by atoms with Crippen molar-refractivity contribution in [3.63, 3.8) is 0 Å². The van der Waals surface area contributed by atoms with Crippen LogP contribution in [0.1, 0.15) is 26.5 Å². The second kappa shape index (κ2) is 5.50. The number of carboxylic acids is 1. The van der Waals surface area contributed by atoms with Gasteiger partial charge in [-0.2, -0.15) is 0 Å². The van der Waals surface area contributed by atoms with Crippen LogP contribution >= 0.6 is 11.3 Å². The molecule has 1 heterocycles. The highest BCUT2D eigenvalue weighted by molar-refractivity contribution is 7.09. The molecule has 2 aromatic rings. The standard InChI is InChI=1S/C14H15NO4S/c1-8-9(2)20-14(18)15(8)7-11-6-10(13(16)17)4-5-12(11)19-3/h4-6H,7H2,1-3H3,(H,16,17). The first-order valence-corrected chi connectivity index (χ1v) is 6.82. The summed E-state index contributed by atoms with van der Waals surface area (Å²) in [5, 5.41) is 9.04. The average molecular weight is 293 g/mol. The van der Waals surface area contributed by atoms with Crippen molar-refractivity contribution in [2.24, 2.45) is 0 Å². The third kappa shape index (κ3) is 2.60. The molecule has 106 valence electrons. The maximum Gasteiger partial charge on any atom is 0.335 e. The fourth-order valence-electron chi connectivity index (χ4n) is 1.98. The van der Waals surface area contributed by atoms with Crippen molar-refractivity contribution in [3.8, 4) is 5.75 Å². The molecule has 0 aliphatic rings. The van der Waals surface area contributed by atoms with Gasteiger partial charge in [-0.1, -0.05) is 11.3 Å². The van der Waals surface area contributed by atoms with Crippen molar-refractivity contribution in [3.05, 3.63) is 49.6 Å². The Morgan fingerprint density at radius 1 is 1.40 bits per heavy atom. The Hall–Kier alpha value is -2.08. The van der Waals surface area contributed by atoms with Gasteiger partial charge in [0, 0.05) is 16.1 Å². The van der Waals surface area contributed by atoms with Crippen molar-refractivity contribution in [2.75, 3.05) is 7.11 Å². The Morgan fingerprint density at radius 3 is 2.60 bits per heavy atom. The van der Waals surface area contributed by atoms with E-state index < -0.39 is 5.97 Å². The smallest absolute Gasteiger partial charge is 0.335 e. The van der Waals surface area contributed by atoms with Gasteiger partial charge in [-0.25, -0.2) is 4.79 Å². The van der Waals surface area contributed by atoms with Crippen LogP contribution in [0.15, 0.2) is 23.0 Å². The normalized spacial score (nSPS) is 10.6. The Bertz CT molecular complexity index is 714. The van der Waals surface area contributed by atoms with Gasteiger partial charge in [0.25, 0.3) is 0 Å². The summed E-state index contributed by atoms with van der Waals surface area (Å²) in [7, 11) is 1.52. The first-order valence-electron chi connectivity index (χ1n) is 6.01. The monoisotopic (exact) mass is 293 g/mol. The van der Waals surface area contributed by atoms with Crippen LogP contribution in [0.2, 0.25) is 0 Å². The van der Waals surface area contributed by atoms with Crippen LogP contribution in [0.4, 0.5) is 0 Å². The second-order valence-corrected chi connectivity index (χ2v) is 5.59. The lowest BCUT2D eigenvalue weighted by atomic mass is 10.1. The van der Waals surface area contributed by atoms with Gasteiger partial charge in [0.05, 0.1) is 19.2 Å². The average Bonchev–Trinajstić information content (AvgIpc) is 2.65. The number of ether oxygens (including phenoxy) is 1. The van der Waals surface area contributed by atoms with Gasteiger partial charge in [0.2, 0.25) is 0 Å². The number of benzene rings is 1. The highest BCUT2D eigenvalue weighted by Gasteiger charge is 2.13. The fourth-order valence-corrected chi connectivity index (χ4v) is 2.81. The summed E-state index contributed by atoms with van der Waals surface area (Å²) in [5.41, 5.74) is 1.75. The lowest BCUT2D eigenvalue weighted by Gasteiger charge is -2.11. The summed E-state index contributed by atoms with van der Waals surface area (Å²) >= 11 is 1.19. The van der Waals surface area contributed by atoms with Crippen molar-refractivity contribution in [2.45, 2.75) is 20.4 Å². The van der Waals surface area contributed by atoms with E-state index in [1.807, 2.05) is 13.8 Å². The van der Waals surface area contributed by atoms with E-state index in [4.69, 9.17) is 9.84 Å².